The van der Waals surface area contributed by atoms with E-state index in [1.165, 1.54) is 6.07 Å². The third kappa shape index (κ3) is 3.34. The zero-order chi connectivity index (χ0) is 12.1. The molecule has 5 heteroatoms. The van der Waals surface area contributed by atoms with Gasteiger partial charge in [0.2, 0.25) is 0 Å². The Balaban J connectivity index is 2.72. The fourth-order valence-electron chi connectivity index (χ4n) is 1.19. The molecule has 0 aliphatic heterocycles. The summed E-state index contributed by atoms with van der Waals surface area (Å²) >= 11 is 1.76. The number of nitrogen functional groups attached to an aromatic ring is 1. The van der Waals surface area contributed by atoms with E-state index in [1.807, 2.05) is 6.26 Å². The molecule has 0 saturated carbocycles. The lowest BCUT2D eigenvalue weighted by Gasteiger charge is -2.13. The molecule has 0 heterocycles. The van der Waals surface area contributed by atoms with E-state index in [9.17, 15) is 4.79 Å². The predicted molar refractivity (Wildman–Crippen MR) is 69.3 cm³/mol. The van der Waals surface area contributed by atoms with Crippen molar-refractivity contribution in [3.8, 4) is 0 Å². The molecule has 16 heavy (non-hydrogen) atoms. The third-order valence-corrected chi connectivity index (χ3v) is 3.25. The fraction of sp³-hybridized carbons (Fsp3) is 0.364. The van der Waals surface area contributed by atoms with Crippen LogP contribution in [0.15, 0.2) is 18.2 Å². The van der Waals surface area contributed by atoms with Crippen LogP contribution in [0.25, 0.3) is 0 Å². The second kappa shape index (κ2) is 5.65. The number of thioether (sulfide) groups is 1. The van der Waals surface area contributed by atoms with Gasteiger partial charge < -0.3 is 16.2 Å². The number of rotatable bonds is 5. The minimum atomic E-state index is -0.962. The van der Waals surface area contributed by atoms with E-state index in [0.717, 1.165) is 12.2 Å². The highest BCUT2D eigenvalue weighted by molar-refractivity contribution is 7.99. The molecule has 0 aromatic heterocycles. The summed E-state index contributed by atoms with van der Waals surface area (Å²) in [5.74, 6) is -0.962. The van der Waals surface area contributed by atoms with Crippen LogP contribution in [0.2, 0.25) is 0 Å². The predicted octanol–water partition coefficient (Wildman–Crippen LogP) is 2.13. The Bertz CT molecular complexity index is 382. The molecule has 0 bridgehead atoms. The van der Waals surface area contributed by atoms with Crippen LogP contribution in [0.4, 0.5) is 11.4 Å². The van der Waals surface area contributed by atoms with Crippen LogP contribution < -0.4 is 11.1 Å². The zero-order valence-electron chi connectivity index (χ0n) is 9.36. The summed E-state index contributed by atoms with van der Waals surface area (Å²) in [7, 11) is 0. The summed E-state index contributed by atoms with van der Waals surface area (Å²) in [4.78, 5) is 10.7. The summed E-state index contributed by atoms with van der Waals surface area (Å²) < 4.78 is 0. The molecule has 0 spiro atoms. The molecule has 0 aliphatic carbocycles. The van der Waals surface area contributed by atoms with Crippen molar-refractivity contribution in [1.29, 1.82) is 0 Å². The highest BCUT2D eigenvalue weighted by atomic mass is 32.2. The van der Waals surface area contributed by atoms with Gasteiger partial charge in [-0.1, -0.05) is 6.92 Å². The van der Waals surface area contributed by atoms with E-state index in [-0.39, 0.29) is 5.56 Å². The summed E-state index contributed by atoms with van der Waals surface area (Å²) in [6, 6.07) is 4.71. The highest BCUT2D eigenvalue weighted by Gasteiger charge is 2.06. The van der Waals surface area contributed by atoms with Crippen LogP contribution in [0.3, 0.4) is 0 Å². The van der Waals surface area contributed by atoms with Gasteiger partial charge in [-0.15, -0.1) is 0 Å². The SMILES string of the molecule is CSC(C)CNc1ccc(C(=O)O)cc1N. The molecule has 4 N–H and O–H groups in total. The van der Waals surface area contributed by atoms with Gasteiger partial charge in [-0.3, -0.25) is 0 Å². The number of hydrogen-bond acceptors (Lipinski definition) is 4. The number of hydrogen-bond donors (Lipinski definition) is 3. The van der Waals surface area contributed by atoms with E-state index >= 15 is 0 Å². The zero-order valence-corrected chi connectivity index (χ0v) is 10.2. The van der Waals surface area contributed by atoms with E-state index < -0.39 is 5.97 Å². The number of aromatic carboxylic acids is 1. The van der Waals surface area contributed by atoms with Gasteiger partial charge in [0.1, 0.15) is 0 Å². The van der Waals surface area contributed by atoms with Crippen molar-refractivity contribution in [2.24, 2.45) is 0 Å². The van der Waals surface area contributed by atoms with Crippen LogP contribution in [0, 0.1) is 0 Å². The second-order valence-corrected chi connectivity index (χ2v) is 4.81. The minimum absolute atomic E-state index is 0.209. The van der Waals surface area contributed by atoms with Crippen molar-refractivity contribution in [3.05, 3.63) is 23.8 Å². The van der Waals surface area contributed by atoms with Gasteiger partial charge in [0, 0.05) is 11.8 Å². The average molecular weight is 240 g/mol. The Morgan fingerprint density at radius 3 is 2.81 bits per heavy atom. The molecule has 0 saturated heterocycles. The van der Waals surface area contributed by atoms with Crippen molar-refractivity contribution in [2.45, 2.75) is 12.2 Å². The first kappa shape index (κ1) is 12.7. The van der Waals surface area contributed by atoms with Crippen molar-refractivity contribution >= 4 is 29.1 Å². The molecule has 0 amide bonds. The van der Waals surface area contributed by atoms with E-state index in [1.54, 1.807) is 23.9 Å². The van der Waals surface area contributed by atoms with Gasteiger partial charge in [0.15, 0.2) is 0 Å². The standard InChI is InChI=1S/C11H16N2O2S/c1-7(16-2)6-13-10-4-3-8(11(14)15)5-9(10)12/h3-5,7,13H,6,12H2,1-2H3,(H,14,15). The molecule has 1 atom stereocenters. The van der Waals surface area contributed by atoms with Crippen LogP contribution >= 0.6 is 11.8 Å². The first-order chi connectivity index (χ1) is 7.54. The molecule has 1 unspecified atom stereocenters. The maximum atomic E-state index is 10.7. The molecule has 0 aliphatic rings. The van der Waals surface area contributed by atoms with Crippen LogP contribution in [-0.4, -0.2) is 29.1 Å². The van der Waals surface area contributed by atoms with Crippen molar-refractivity contribution < 1.29 is 9.90 Å². The number of carboxylic acids is 1. The Morgan fingerprint density at radius 1 is 1.62 bits per heavy atom. The number of nitrogens with two attached hydrogens (primary N) is 1. The highest BCUT2D eigenvalue weighted by Crippen LogP contribution is 2.20. The topological polar surface area (TPSA) is 75.3 Å². The van der Waals surface area contributed by atoms with Gasteiger partial charge in [-0.05, 0) is 24.5 Å². The minimum Gasteiger partial charge on any atom is -0.478 e. The molecular formula is C11H16N2O2S. The number of carbonyl (C=O) groups is 1. The Morgan fingerprint density at radius 2 is 2.31 bits per heavy atom. The lowest BCUT2D eigenvalue weighted by Crippen LogP contribution is -2.14. The number of anilines is 2. The smallest absolute Gasteiger partial charge is 0.335 e. The molecular weight excluding hydrogens is 224 g/mol. The van der Waals surface area contributed by atoms with Gasteiger partial charge in [0.05, 0.1) is 16.9 Å². The van der Waals surface area contributed by atoms with Crippen molar-refractivity contribution in [1.82, 2.24) is 0 Å². The Labute approximate surface area is 99.2 Å². The molecule has 4 nitrogen and oxygen atoms in total. The van der Waals surface area contributed by atoms with Crippen molar-refractivity contribution in [2.75, 3.05) is 23.9 Å². The molecule has 1 rings (SSSR count). The van der Waals surface area contributed by atoms with Crippen LogP contribution in [0.1, 0.15) is 17.3 Å². The number of nitrogens with one attached hydrogen (secondary N) is 1. The largest absolute Gasteiger partial charge is 0.478 e. The summed E-state index contributed by atoms with van der Waals surface area (Å²) in [6.07, 6.45) is 2.04. The molecule has 0 fully saturated rings. The quantitative estimate of drug-likeness (QED) is 0.687. The summed E-state index contributed by atoms with van der Waals surface area (Å²) in [5.41, 5.74) is 7.21. The first-order valence-corrected chi connectivity index (χ1v) is 6.23. The first-order valence-electron chi connectivity index (χ1n) is 4.94. The number of benzene rings is 1. The maximum absolute atomic E-state index is 10.7. The van der Waals surface area contributed by atoms with Gasteiger partial charge >= 0.3 is 5.97 Å². The van der Waals surface area contributed by atoms with Crippen LogP contribution in [-0.2, 0) is 0 Å². The van der Waals surface area contributed by atoms with Gasteiger partial charge in [0.25, 0.3) is 0 Å². The van der Waals surface area contributed by atoms with Crippen molar-refractivity contribution in [3.63, 3.8) is 0 Å². The van der Waals surface area contributed by atoms with Crippen LogP contribution in [0.5, 0.6) is 0 Å². The van der Waals surface area contributed by atoms with E-state index in [2.05, 4.69) is 12.2 Å². The number of carboxylic acid groups (broad SMARTS) is 1. The molecule has 1 aromatic carbocycles. The lowest BCUT2D eigenvalue weighted by molar-refractivity contribution is 0.0697. The summed E-state index contributed by atoms with van der Waals surface area (Å²) in [6.45, 7) is 2.91. The van der Waals surface area contributed by atoms with E-state index in [4.69, 9.17) is 10.8 Å². The monoisotopic (exact) mass is 240 g/mol. The lowest BCUT2D eigenvalue weighted by atomic mass is 10.1. The van der Waals surface area contributed by atoms with Gasteiger partial charge in [-0.25, -0.2) is 4.79 Å². The fourth-order valence-corrected chi connectivity index (χ4v) is 1.44. The second-order valence-electron chi connectivity index (χ2n) is 3.53. The molecule has 0 radical (unpaired) electrons. The molecule has 1 aromatic rings. The Hall–Kier alpha value is -1.36. The normalized spacial score (nSPS) is 12.1. The molecule has 88 valence electrons. The van der Waals surface area contributed by atoms with Gasteiger partial charge in [-0.2, -0.15) is 11.8 Å². The maximum Gasteiger partial charge on any atom is 0.335 e. The Kier molecular flexibility index (Phi) is 4.49. The summed E-state index contributed by atoms with van der Waals surface area (Å²) in [5, 5.41) is 12.5. The average Bonchev–Trinajstić information content (AvgIpc) is 2.26. The van der Waals surface area contributed by atoms with E-state index in [0.29, 0.717) is 10.9 Å². The third-order valence-electron chi connectivity index (χ3n) is 2.28.